The normalized spacial score (nSPS) is 20.6. The van der Waals surface area contributed by atoms with Crippen LogP contribution in [0.2, 0.25) is 0 Å². The smallest absolute Gasteiger partial charge is 0.178 e. The monoisotopic (exact) mass is 355 g/mol. The summed E-state index contributed by atoms with van der Waals surface area (Å²) in [6.45, 7) is 5.62. The summed E-state index contributed by atoms with van der Waals surface area (Å²) >= 11 is 2.11. The molecule has 0 unspecified atom stereocenters. The molecule has 0 atom stereocenters. The molecule has 0 radical (unpaired) electrons. The molecule has 25 heavy (non-hydrogen) atoms. The maximum absolute atomic E-state index is 4.49. The van der Waals surface area contributed by atoms with E-state index in [0.29, 0.717) is 5.82 Å². The molecule has 5 nitrogen and oxygen atoms in total. The highest BCUT2D eigenvalue weighted by atomic mass is 32.2. The van der Waals surface area contributed by atoms with Crippen LogP contribution in [0.15, 0.2) is 36.8 Å². The number of hydrogen-bond donors (Lipinski definition) is 0. The molecule has 2 aromatic rings. The first-order valence-corrected chi connectivity index (χ1v) is 10.3. The number of piperazine rings is 1. The van der Waals surface area contributed by atoms with Gasteiger partial charge in [0.25, 0.3) is 0 Å². The second-order valence-corrected chi connectivity index (χ2v) is 8.01. The van der Waals surface area contributed by atoms with Crippen molar-refractivity contribution in [1.29, 1.82) is 0 Å². The lowest BCUT2D eigenvalue weighted by Crippen LogP contribution is -2.50. The zero-order valence-corrected chi connectivity index (χ0v) is 15.4. The van der Waals surface area contributed by atoms with Gasteiger partial charge in [-0.1, -0.05) is 6.07 Å². The van der Waals surface area contributed by atoms with Gasteiger partial charge >= 0.3 is 0 Å². The van der Waals surface area contributed by atoms with E-state index in [1.807, 2.05) is 30.6 Å². The highest BCUT2D eigenvalue weighted by Crippen LogP contribution is 2.23. The van der Waals surface area contributed by atoms with Gasteiger partial charge in [-0.2, -0.15) is 11.8 Å². The van der Waals surface area contributed by atoms with Crippen LogP contribution in [0.25, 0.3) is 11.5 Å². The molecule has 0 N–H and O–H groups in total. The highest BCUT2D eigenvalue weighted by molar-refractivity contribution is 7.99. The SMILES string of the molecule is c1ccc(-c2ncc(CN3CCN(C4CCSCC4)CC3)cn2)nc1. The van der Waals surface area contributed by atoms with Gasteiger partial charge in [-0.05, 0) is 36.5 Å². The lowest BCUT2D eigenvalue weighted by molar-refractivity contribution is 0.0878. The number of pyridine rings is 1. The van der Waals surface area contributed by atoms with Gasteiger partial charge in [-0.3, -0.25) is 14.8 Å². The molecule has 2 fully saturated rings. The van der Waals surface area contributed by atoms with Crippen LogP contribution >= 0.6 is 11.8 Å². The van der Waals surface area contributed by atoms with Gasteiger partial charge in [0.2, 0.25) is 0 Å². The Morgan fingerprint density at radius 2 is 1.72 bits per heavy atom. The largest absolute Gasteiger partial charge is 0.298 e. The summed E-state index contributed by atoms with van der Waals surface area (Å²) in [5.74, 6) is 3.37. The Morgan fingerprint density at radius 3 is 2.40 bits per heavy atom. The molecule has 2 aliphatic rings. The molecule has 2 aromatic heterocycles. The van der Waals surface area contributed by atoms with Crippen molar-refractivity contribution < 1.29 is 0 Å². The molecular weight excluding hydrogens is 330 g/mol. The standard InChI is InChI=1S/C19H25N5S/c1-2-6-20-18(3-1)19-21-13-16(14-22-19)15-23-7-9-24(10-8-23)17-4-11-25-12-5-17/h1-3,6,13-14,17H,4-5,7-12,15H2. The van der Waals surface area contributed by atoms with Crippen LogP contribution in [-0.4, -0.2) is 68.5 Å². The van der Waals surface area contributed by atoms with E-state index in [9.17, 15) is 0 Å². The van der Waals surface area contributed by atoms with Crippen LogP contribution < -0.4 is 0 Å². The summed E-state index contributed by atoms with van der Waals surface area (Å²) in [4.78, 5) is 18.5. The van der Waals surface area contributed by atoms with Crippen LogP contribution in [-0.2, 0) is 6.54 Å². The van der Waals surface area contributed by atoms with Gasteiger partial charge in [-0.25, -0.2) is 9.97 Å². The van der Waals surface area contributed by atoms with E-state index < -0.39 is 0 Å². The Balaban J connectivity index is 1.30. The van der Waals surface area contributed by atoms with Crippen LogP contribution in [0.1, 0.15) is 18.4 Å². The molecule has 0 aliphatic carbocycles. The van der Waals surface area contributed by atoms with Gasteiger partial charge in [0.05, 0.1) is 0 Å². The summed E-state index contributed by atoms with van der Waals surface area (Å²) in [5, 5.41) is 0. The van der Waals surface area contributed by atoms with Crippen LogP contribution in [0.5, 0.6) is 0 Å². The van der Waals surface area contributed by atoms with Crippen LogP contribution in [0.3, 0.4) is 0 Å². The maximum atomic E-state index is 4.49. The maximum Gasteiger partial charge on any atom is 0.178 e. The zero-order chi connectivity index (χ0) is 16.9. The molecule has 4 heterocycles. The van der Waals surface area contributed by atoms with Crippen molar-refractivity contribution in [2.24, 2.45) is 0 Å². The van der Waals surface area contributed by atoms with Crippen molar-refractivity contribution in [2.45, 2.75) is 25.4 Å². The van der Waals surface area contributed by atoms with E-state index in [0.717, 1.165) is 31.4 Å². The summed E-state index contributed by atoms with van der Waals surface area (Å²) in [5.41, 5.74) is 2.01. The van der Waals surface area contributed by atoms with E-state index in [2.05, 4.69) is 36.5 Å². The topological polar surface area (TPSA) is 45.2 Å². The lowest BCUT2D eigenvalue weighted by Gasteiger charge is -2.40. The van der Waals surface area contributed by atoms with E-state index >= 15 is 0 Å². The highest BCUT2D eigenvalue weighted by Gasteiger charge is 2.25. The molecule has 132 valence electrons. The van der Waals surface area contributed by atoms with E-state index in [-0.39, 0.29) is 0 Å². The Bertz CT molecular complexity index is 649. The van der Waals surface area contributed by atoms with Gasteiger partial charge in [0.15, 0.2) is 5.82 Å². The third-order valence-electron chi connectivity index (χ3n) is 5.12. The fourth-order valence-corrected chi connectivity index (χ4v) is 4.74. The quantitative estimate of drug-likeness (QED) is 0.840. The summed E-state index contributed by atoms with van der Waals surface area (Å²) < 4.78 is 0. The predicted molar refractivity (Wildman–Crippen MR) is 102 cm³/mol. The minimum absolute atomic E-state index is 0.698. The second-order valence-electron chi connectivity index (χ2n) is 6.79. The molecule has 0 spiro atoms. The number of thioether (sulfide) groups is 1. The Kier molecular flexibility index (Phi) is 5.59. The first kappa shape index (κ1) is 16.9. The van der Waals surface area contributed by atoms with Gasteiger partial charge < -0.3 is 0 Å². The van der Waals surface area contributed by atoms with E-state index in [1.54, 1.807) is 6.20 Å². The molecular formula is C19H25N5S. The fraction of sp³-hybridized carbons (Fsp3) is 0.526. The Hall–Kier alpha value is -1.50. The fourth-order valence-electron chi connectivity index (χ4n) is 3.66. The zero-order valence-electron chi connectivity index (χ0n) is 14.5. The summed E-state index contributed by atoms with van der Waals surface area (Å²) in [6, 6.07) is 6.63. The van der Waals surface area contributed by atoms with Crippen molar-refractivity contribution in [3.63, 3.8) is 0 Å². The molecule has 0 bridgehead atoms. The molecule has 0 aromatic carbocycles. The van der Waals surface area contributed by atoms with Gasteiger partial charge in [0.1, 0.15) is 5.69 Å². The van der Waals surface area contributed by atoms with Crippen LogP contribution in [0, 0.1) is 0 Å². The van der Waals surface area contributed by atoms with Crippen molar-refractivity contribution in [3.8, 4) is 11.5 Å². The Labute approximate surface area is 153 Å². The Morgan fingerprint density at radius 1 is 0.960 bits per heavy atom. The summed E-state index contributed by atoms with van der Waals surface area (Å²) in [7, 11) is 0. The van der Waals surface area contributed by atoms with Gasteiger partial charge in [0, 0.05) is 62.9 Å². The van der Waals surface area contributed by atoms with Crippen molar-refractivity contribution >= 4 is 11.8 Å². The van der Waals surface area contributed by atoms with Crippen molar-refractivity contribution in [2.75, 3.05) is 37.7 Å². The molecule has 2 aliphatic heterocycles. The first-order valence-electron chi connectivity index (χ1n) is 9.15. The van der Waals surface area contributed by atoms with Crippen LogP contribution in [0.4, 0.5) is 0 Å². The molecule has 0 amide bonds. The van der Waals surface area contributed by atoms with Crippen molar-refractivity contribution in [1.82, 2.24) is 24.8 Å². The first-order chi connectivity index (χ1) is 12.4. The minimum atomic E-state index is 0.698. The lowest BCUT2D eigenvalue weighted by atomic mass is 10.1. The predicted octanol–water partition coefficient (Wildman–Crippen LogP) is 2.55. The second kappa shape index (κ2) is 8.25. The molecule has 0 saturated carbocycles. The molecule has 4 rings (SSSR count). The van der Waals surface area contributed by atoms with E-state index in [1.165, 1.54) is 43.0 Å². The average molecular weight is 356 g/mol. The third kappa shape index (κ3) is 4.37. The number of nitrogens with zero attached hydrogens (tertiary/aromatic N) is 5. The number of hydrogen-bond acceptors (Lipinski definition) is 6. The number of rotatable bonds is 4. The minimum Gasteiger partial charge on any atom is -0.298 e. The van der Waals surface area contributed by atoms with Gasteiger partial charge in [-0.15, -0.1) is 0 Å². The molecule has 6 heteroatoms. The summed E-state index contributed by atoms with van der Waals surface area (Å²) in [6.07, 6.45) is 8.40. The molecule has 2 saturated heterocycles. The number of aromatic nitrogens is 3. The third-order valence-corrected chi connectivity index (χ3v) is 6.17. The average Bonchev–Trinajstić information content (AvgIpc) is 2.71. The van der Waals surface area contributed by atoms with Crippen molar-refractivity contribution in [3.05, 3.63) is 42.4 Å². The van der Waals surface area contributed by atoms with E-state index in [4.69, 9.17) is 0 Å².